The molecule has 1 aromatic heterocycles. The molecule has 1 aliphatic heterocycles. The molecular formula is C17H22N4O3. The molecule has 1 amide bonds. The van der Waals surface area contributed by atoms with Gasteiger partial charge in [0.25, 0.3) is 0 Å². The fraction of sp³-hybridized carbons (Fsp3) is 0.471. The number of amides is 1. The van der Waals surface area contributed by atoms with E-state index in [4.69, 9.17) is 4.74 Å². The predicted molar refractivity (Wildman–Crippen MR) is 87.6 cm³/mol. The molecule has 0 bridgehead atoms. The van der Waals surface area contributed by atoms with E-state index >= 15 is 0 Å². The number of likely N-dealkylation sites (tertiary alicyclic amines) is 1. The SMILES string of the molecule is Cc1nc(C)n(CC(=O)N2CC[C@@](O)(COc3ccccc3)C2)n1. The summed E-state index contributed by atoms with van der Waals surface area (Å²) in [5.41, 5.74) is -1.02. The van der Waals surface area contributed by atoms with Crippen LogP contribution in [0.25, 0.3) is 0 Å². The van der Waals surface area contributed by atoms with Crippen LogP contribution in [0.4, 0.5) is 0 Å². The van der Waals surface area contributed by atoms with Gasteiger partial charge in [0.05, 0.1) is 6.54 Å². The molecule has 0 saturated carbocycles. The number of hydrogen-bond acceptors (Lipinski definition) is 5. The first kappa shape index (κ1) is 16.4. The molecule has 7 heteroatoms. The van der Waals surface area contributed by atoms with Gasteiger partial charge >= 0.3 is 0 Å². The molecule has 1 N–H and O–H groups in total. The number of β-amino-alcohol motifs (C(OH)–C–C–N with tert-alkyl or cyclic N) is 1. The zero-order chi connectivity index (χ0) is 17.2. The Bertz CT molecular complexity index is 716. The van der Waals surface area contributed by atoms with Crippen molar-refractivity contribution in [1.82, 2.24) is 19.7 Å². The fourth-order valence-corrected chi connectivity index (χ4v) is 2.86. The van der Waals surface area contributed by atoms with Gasteiger partial charge in [0, 0.05) is 6.54 Å². The smallest absolute Gasteiger partial charge is 0.244 e. The Kier molecular flexibility index (Phi) is 4.53. The summed E-state index contributed by atoms with van der Waals surface area (Å²) in [5, 5.41) is 14.8. The zero-order valence-corrected chi connectivity index (χ0v) is 14.0. The van der Waals surface area contributed by atoms with Crippen molar-refractivity contribution in [3.63, 3.8) is 0 Å². The van der Waals surface area contributed by atoms with Gasteiger partial charge < -0.3 is 14.7 Å². The molecule has 2 aromatic rings. The Morgan fingerprint density at radius 1 is 1.33 bits per heavy atom. The van der Waals surface area contributed by atoms with E-state index in [1.54, 1.807) is 16.5 Å². The number of aromatic nitrogens is 3. The second-order valence-corrected chi connectivity index (χ2v) is 6.26. The van der Waals surface area contributed by atoms with Gasteiger partial charge in [0.15, 0.2) is 0 Å². The van der Waals surface area contributed by atoms with Crippen LogP contribution in [-0.2, 0) is 11.3 Å². The van der Waals surface area contributed by atoms with Crippen LogP contribution in [0.2, 0.25) is 0 Å². The van der Waals surface area contributed by atoms with Crippen molar-refractivity contribution in [2.24, 2.45) is 0 Å². The molecule has 1 fully saturated rings. The van der Waals surface area contributed by atoms with Gasteiger partial charge in [0.2, 0.25) is 5.91 Å². The highest BCUT2D eigenvalue weighted by Gasteiger charge is 2.39. The highest BCUT2D eigenvalue weighted by molar-refractivity contribution is 5.76. The third kappa shape index (κ3) is 3.73. The van der Waals surface area contributed by atoms with Crippen LogP contribution in [0.15, 0.2) is 30.3 Å². The number of carbonyl (C=O) groups is 1. The van der Waals surface area contributed by atoms with Gasteiger partial charge in [-0.25, -0.2) is 9.67 Å². The zero-order valence-electron chi connectivity index (χ0n) is 14.0. The molecule has 0 spiro atoms. The van der Waals surface area contributed by atoms with Crippen LogP contribution >= 0.6 is 0 Å². The quantitative estimate of drug-likeness (QED) is 0.882. The summed E-state index contributed by atoms with van der Waals surface area (Å²) in [6, 6.07) is 9.36. The highest BCUT2D eigenvalue weighted by Crippen LogP contribution is 2.23. The number of para-hydroxylation sites is 1. The highest BCUT2D eigenvalue weighted by atomic mass is 16.5. The third-order valence-electron chi connectivity index (χ3n) is 4.18. The van der Waals surface area contributed by atoms with Crippen molar-refractivity contribution < 1.29 is 14.6 Å². The van der Waals surface area contributed by atoms with Gasteiger partial charge in [-0.3, -0.25) is 4.79 Å². The van der Waals surface area contributed by atoms with Crippen molar-refractivity contribution in [2.45, 2.75) is 32.4 Å². The number of aliphatic hydroxyl groups is 1. The summed E-state index contributed by atoms with van der Waals surface area (Å²) < 4.78 is 7.24. The maximum absolute atomic E-state index is 12.4. The van der Waals surface area contributed by atoms with Crippen LogP contribution in [0.3, 0.4) is 0 Å². The van der Waals surface area contributed by atoms with Crippen LogP contribution in [0.5, 0.6) is 5.75 Å². The van der Waals surface area contributed by atoms with Crippen molar-refractivity contribution in [1.29, 1.82) is 0 Å². The van der Waals surface area contributed by atoms with E-state index in [1.807, 2.05) is 37.3 Å². The first-order chi connectivity index (χ1) is 11.5. The Balaban J connectivity index is 1.55. The van der Waals surface area contributed by atoms with Gasteiger partial charge in [-0.2, -0.15) is 5.10 Å². The van der Waals surface area contributed by atoms with E-state index in [0.717, 1.165) is 0 Å². The standard InChI is InChI=1S/C17H22N4O3/c1-13-18-14(2)21(19-13)10-16(22)20-9-8-17(23,11-20)12-24-15-6-4-3-5-7-15/h3-7,23H,8-12H2,1-2H3/t17-/m0/s1. The summed E-state index contributed by atoms with van der Waals surface area (Å²) in [6.45, 7) is 4.71. The predicted octanol–water partition coefficient (Wildman–Crippen LogP) is 0.937. The minimum atomic E-state index is -1.02. The first-order valence-electron chi connectivity index (χ1n) is 8.01. The maximum atomic E-state index is 12.4. The van der Waals surface area contributed by atoms with Crippen molar-refractivity contribution in [2.75, 3.05) is 19.7 Å². The molecule has 3 rings (SSSR count). The minimum absolute atomic E-state index is 0.0707. The van der Waals surface area contributed by atoms with E-state index in [2.05, 4.69) is 10.1 Å². The Morgan fingerprint density at radius 3 is 2.75 bits per heavy atom. The van der Waals surface area contributed by atoms with Gasteiger partial charge in [-0.1, -0.05) is 18.2 Å². The average molecular weight is 330 g/mol. The molecule has 1 aliphatic rings. The summed E-state index contributed by atoms with van der Waals surface area (Å²) >= 11 is 0. The lowest BCUT2D eigenvalue weighted by atomic mass is 10.1. The van der Waals surface area contributed by atoms with Crippen LogP contribution in [0.1, 0.15) is 18.1 Å². The van der Waals surface area contributed by atoms with Crippen molar-refractivity contribution in [3.8, 4) is 5.75 Å². The van der Waals surface area contributed by atoms with Crippen LogP contribution in [0, 0.1) is 13.8 Å². The third-order valence-corrected chi connectivity index (χ3v) is 4.18. The molecule has 0 aliphatic carbocycles. The Hall–Kier alpha value is -2.41. The first-order valence-corrected chi connectivity index (χ1v) is 8.01. The van der Waals surface area contributed by atoms with E-state index in [9.17, 15) is 9.90 Å². The van der Waals surface area contributed by atoms with E-state index in [-0.39, 0.29) is 25.6 Å². The summed E-state index contributed by atoms with van der Waals surface area (Å²) in [7, 11) is 0. The van der Waals surface area contributed by atoms with Crippen molar-refractivity contribution >= 4 is 5.91 Å². The topological polar surface area (TPSA) is 80.5 Å². The molecule has 2 heterocycles. The summed E-state index contributed by atoms with van der Waals surface area (Å²) in [5.74, 6) is 2.00. The molecule has 1 atom stereocenters. The molecular weight excluding hydrogens is 308 g/mol. The number of benzene rings is 1. The van der Waals surface area contributed by atoms with Crippen molar-refractivity contribution in [3.05, 3.63) is 42.0 Å². The Labute approximate surface area is 140 Å². The number of aryl methyl sites for hydroxylation is 2. The number of hydrogen-bond donors (Lipinski definition) is 1. The summed E-state index contributed by atoms with van der Waals surface area (Å²) in [6.07, 6.45) is 0.501. The normalized spacial score (nSPS) is 20.4. The average Bonchev–Trinajstić information content (AvgIpc) is 3.10. The number of rotatable bonds is 5. The molecule has 0 radical (unpaired) electrons. The second kappa shape index (κ2) is 6.60. The maximum Gasteiger partial charge on any atom is 0.244 e. The molecule has 128 valence electrons. The molecule has 7 nitrogen and oxygen atoms in total. The van der Waals surface area contributed by atoms with E-state index < -0.39 is 5.60 Å². The Morgan fingerprint density at radius 2 is 2.08 bits per heavy atom. The monoisotopic (exact) mass is 330 g/mol. The number of nitrogens with zero attached hydrogens (tertiary/aromatic N) is 4. The van der Waals surface area contributed by atoms with Gasteiger partial charge in [-0.05, 0) is 32.4 Å². The lowest BCUT2D eigenvalue weighted by Gasteiger charge is -2.23. The molecule has 1 aromatic carbocycles. The molecule has 0 unspecified atom stereocenters. The lowest BCUT2D eigenvalue weighted by Crippen LogP contribution is -2.41. The summed E-state index contributed by atoms with van der Waals surface area (Å²) in [4.78, 5) is 18.3. The fourth-order valence-electron chi connectivity index (χ4n) is 2.86. The second-order valence-electron chi connectivity index (χ2n) is 6.26. The van der Waals surface area contributed by atoms with Crippen LogP contribution < -0.4 is 4.74 Å². The number of carbonyl (C=O) groups excluding carboxylic acids is 1. The molecule has 24 heavy (non-hydrogen) atoms. The molecule has 1 saturated heterocycles. The van der Waals surface area contributed by atoms with E-state index in [1.165, 1.54) is 0 Å². The van der Waals surface area contributed by atoms with Gasteiger partial charge in [0.1, 0.15) is 36.2 Å². The number of ether oxygens (including phenoxy) is 1. The lowest BCUT2D eigenvalue weighted by molar-refractivity contribution is -0.132. The van der Waals surface area contributed by atoms with E-state index in [0.29, 0.717) is 30.4 Å². The van der Waals surface area contributed by atoms with Crippen LogP contribution in [-0.4, -0.2) is 56.0 Å². The largest absolute Gasteiger partial charge is 0.491 e. The minimum Gasteiger partial charge on any atom is -0.491 e. The van der Waals surface area contributed by atoms with Gasteiger partial charge in [-0.15, -0.1) is 0 Å².